The van der Waals surface area contributed by atoms with Crippen molar-refractivity contribution in [3.63, 3.8) is 0 Å². The summed E-state index contributed by atoms with van der Waals surface area (Å²) in [6.07, 6.45) is 0. The van der Waals surface area contributed by atoms with E-state index in [9.17, 15) is 4.79 Å². The summed E-state index contributed by atoms with van der Waals surface area (Å²) in [5, 5.41) is 0. The van der Waals surface area contributed by atoms with Crippen molar-refractivity contribution in [2.45, 2.75) is 18.9 Å². The monoisotopic (exact) mass is 247 g/mol. The van der Waals surface area contributed by atoms with Crippen LogP contribution in [-0.2, 0) is 9.53 Å². The predicted molar refractivity (Wildman–Crippen MR) is 68.4 cm³/mol. The zero-order chi connectivity index (χ0) is 13.1. The standard InChI is InChI=1S/C14H17NO3/c1-3-17-14(16)13(15)12-9(2)8-18-11-7-5-4-6-10(11)12/h4-7,12-13H,2-3,8,15H2,1H3. The van der Waals surface area contributed by atoms with Gasteiger partial charge in [0.2, 0.25) is 0 Å². The van der Waals surface area contributed by atoms with Gasteiger partial charge in [-0.1, -0.05) is 24.8 Å². The first-order chi connectivity index (χ1) is 8.65. The minimum Gasteiger partial charge on any atom is -0.489 e. The van der Waals surface area contributed by atoms with Gasteiger partial charge in [-0.05, 0) is 18.6 Å². The molecule has 0 spiro atoms. The Hall–Kier alpha value is -1.81. The van der Waals surface area contributed by atoms with Gasteiger partial charge in [0.15, 0.2) is 0 Å². The Bertz CT molecular complexity index is 470. The van der Waals surface area contributed by atoms with Crippen molar-refractivity contribution >= 4 is 5.97 Å². The molecular weight excluding hydrogens is 230 g/mol. The number of carbonyl (C=O) groups excluding carboxylic acids is 1. The number of ether oxygens (including phenoxy) is 2. The Morgan fingerprint density at radius 3 is 3.06 bits per heavy atom. The topological polar surface area (TPSA) is 61.5 Å². The predicted octanol–water partition coefficient (Wildman–Crippen LogP) is 1.61. The number of rotatable bonds is 3. The normalized spacial score (nSPS) is 19.7. The van der Waals surface area contributed by atoms with Gasteiger partial charge in [-0.3, -0.25) is 4.79 Å². The summed E-state index contributed by atoms with van der Waals surface area (Å²) in [6, 6.07) is 6.82. The average Bonchev–Trinajstić information content (AvgIpc) is 2.38. The Kier molecular flexibility index (Phi) is 3.67. The van der Waals surface area contributed by atoms with Crippen LogP contribution in [0.1, 0.15) is 18.4 Å². The average molecular weight is 247 g/mol. The summed E-state index contributed by atoms with van der Waals surface area (Å²) in [4.78, 5) is 11.8. The number of esters is 1. The molecule has 1 aromatic carbocycles. The van der Waals surface area contributed by atoms with E-state index in [0.717, 1.165) is 16.9 Å². The molecule has 0 fully saturated rings. The van der Waals surface area contributed by atoms with Gasteiger partial charge >= 0.3 is 5.97 Å². The van der Waals surface area contributed by atoms with E-state index in [-0.39, 0.29) is 5.92 Å². The van der Waals surface area contributed by atoms with Gasteiger partial charge in [-0.25, -0.2) is 0 Å². The lowest BCUT2D eigenvalue weighted by Gasteiger charge is -2.30. The van der Waals surface area contributed by atoms with Crippen LogP contribution in [0.5, 0.6) is 5.75 Å². The Morgan fingerprint density at radius 1 is 1.61 bits per heavy atom. The fraction of sp³-hybridized carbons (Fsp3) is 0.357. The summed E-state index contributed by atoms with van der Waals surface area (Å²) in [5.41, 5.74) is 7.69. The van der Waals surface area contributed by atoms with Crippen LogP contribution in [0.15, 0.2) is 36.4 Å². The largest absolute Gasteiger partial charge is 0.489 e. The fourth-order valence-corrected chi connectivity index (χ4v) is 2.17. The molecule has 4 heteroatoms. The first-order valence-electron chi connectivity index (χ1n) is 5.96. The second kappa shape index (κ2) is 5.23. The van der Waals surface area contributed by atoms with Crippen LogP contribution in [-0.4, -0.2) is 25.2 Å². The number of benzene rings is 1. The molecular formula is C14H17NO3. The van der Waals surface area contributed by atoms with Gasteiger partial charge in [0, 0.05) is 11.5 Å². The van der Waals surface area contributed by atoms with Gasteiger partial charge in [0.05, 0.1) is 6.61 Å². The highest BCUT2D eigenvalue weighted by atomic mass is 16.5. The molecule has 0 saturated carbocycles. The van der Waals surface area contributed by atoms with Crippen LogP contribution in [0.25, 0.3) is 0 Å². The summed E-state index contributed by atoms with van der Waals surface area (Å²) in [6.45, 7) is 6.41. The molecule has 96 valence electrons. The van der Waals surface area contributed by atoms with E-state index in [1.165, 1.54) is 0 Å². The molecule has 2 rings (SSSR count). The molecule has 0 saturated heterocycles. The van der Waals surface area contributed by atoms with Crippen molar-refractivity contribution in [2.75, 3.05) is 13.2 Å². The number of hydrogen-bond acceptors (Lipinski definition) is 4. The summed E-state index contributed by atoms with van der Waals surface area (Å²) in [7, 11) is 0. The van der Waals surface area contributed by atoms with E-state index in [2.05, 4.69) is 6.58 Å². The van der Waals surface area contributed by atoms with Crippen LogP contribution in [0.2, 0.25) is 0 Å². The lowest BCUT2D eigenvalue weighted by Crippen LogP contribution is -2.41. The first-order valence-corrected chi connectivity index (χ1v) is 5.96. The molecule has 18 heavy (non-hydrogen) atoms. The summed E-state index contributed by atoms with van der Waals surface area (Å²) >= 11 is 0. The number of carbonyl (C=O) groups is 1. The third-order valence-electron chi connectivity index (χ3n) is 3.02. The zero-order valence-corrected chi connectivity index (χ0v) is 10.4. The van der Waals surface area contributed by atoms with Crippen molar-refractivity contribution in [3.8, 4) is 5.75 Å². The number of fused-ring (bicyclic) bond motifs is 1. The number of nitrogens with two attached hydrogens (primary N) is 1. The van der Waals surface area contributed by atoms with Crippen LogP contribution < -0.4 is 10.5 Å². The van der Waals surface area contributed by atoms with Crippen molar-refractivity contribution in [3.05, 3.63) is 42.0 Å². The second-order valence-electron chi connectivity index (χ2n) is 4.24. The Balaban J connectivity index is 2.31. The van der Waals surface area contributed by atoms with Crippen LogP contribution in [0.4, 0.5) is 0 Å². The van der Waals surface area contributed by atoms with Crippen LogP contribution >= 0.6 is 0 Å². The summed E-state index contributed by atoms with van der Waals surface area (Å²) in [5.74, 6) is 0.115. The van der Waals surface area contributed by atoms with E-state index >= 15 is 0 Å². The third-order valence-corrected chi connectivity index (χ3v) is 3.02. The Morgan fingerprint density at radius 2 is 2.33 bits per heavy atom. The molecule has 1 aromatic rings. The SMILES string of the molecule is C=C1COc2ccccc2C1C(N)C(=O)OCC. The van der Waals surface area contributed by atoms with Crippen LogP contribution in [0, 0.1) is 0 Å². The second-order valence-corrected chi connectivity index (χ2v) is 4.24. The fourth-order valence-electron chi connectivity index (χ4n) is 2.17. The number of para-hydroxylation sites is 1. The molecule has 1 aliphatic heterocycles. The van der Waals surface area contributed by atoms with Gasteiger partial charge in [-0.15, -0.1) is 0 Å². The van der Waals surface area contributed by atoms with Crippen molar-refractivity contribution in [1.29, 1.82) is 0 Å². The van der Waals surface area contributed by atoms with Crippen molar-refractivity contribution in [1.82, 2.24) is 0 Å². The highest BCUT2D eigenvalue weighted by Crippen LogP contribution is 2.37. The van der Waals surface area contributed by atoms with Gasteiger partial charge in [0.1, 0.15) is 18.4 Å². The van der Waals surface area contributed by atoms with Crippen LogP contribution in [0.3, 0.4) is 0 Å². The molecule has 2 atom stereocenters. The minimum absolute atomic E-state index is 0.242. The molecule has 0 aliphatic carbocycles. The van der Waals surface area contributed by atoms with E-state index < -0.39 is 12.0 Å². The van der Waals surface area contributed by atoms with Gasteiger partial charge in [-0.2, -0.15) is 0 Å². The van der Waals surface area contributed by atoms with E-state index in [4.69, 9.17) is 15.2 Å². The van der Waals surface area contributed by atoms with E-state index in [0.29, 0.717) is 13.2 Å². The zero-order valence-electron chi connectivity index (χ0n) is 10.4. The molecule has 1 aliphatic rings. The highest BCUT2D eigenvalue weighted by Gasteiger charge is 2.34. The lowest BCUT2D eigenvalue weighted by atomic mass is 9.84. The third kappa shape index (κ3) is 2.24. The summed E-state index contributed by atoms with van der Waals surface area (Å²) < 4.78 is 10.5. The first kappa shape index (κ1) is 12.6. The molecule has 0 amide bonds. The Labute approximate surface area is 106 Å². The van der Waals surface area contributed by atoms with Crippen molar-refractivity contribution in [2.24, 2.45) is 5.73 Å². The smallest absolute Gasteiger partial charge is 0.323 e. The lowest BCUT2D eigenvalue weighted by molar-refractivity contribution is -0.145. The number of hydrogen-bond donors (Lipinski definition) is 1. The quantitative estimate of drug-likeness (QED) is 0.651. The molecule has 4 nitrogen and oxygen atoms in total. The maximum absolute atomic E-state index is 11.8. The van der Waals surface area contributed by atoms with E-state index in [1.54, 1.807) is 6.92 Å². The maximum atomic E-state index is 11.8. The molecule has 2 N–H and O–H groups in total. The molecule has 0 bridgehead atoms. The van der Waals surface area contributed by atoms with Crippen molar-refractivity contribution < 1.29 is 14.3 Å². The van der Waals surface area contributed by atoms with Gasteiger partial charge in [0.25, 0.3) is 0 Å². The molecule has 1 heterocycles. The molecule has 2 unspecified atom stereocenters. The minimum atomic E-state index is -0.734. The van der Waals surface area contributed by atoms with Gasteiger partial charge < -0.3 is 15.2 Å². The molecule has 0 radical (unpaired) electrons. The highest BCUT2D eigenvalue weighted by molar-refractivity contribution is 5.78. The molecule has 0 aromatic heterocycles. The maximum Gasteiger partial charge on any atom is 0.323 e. The van der Waals surface area contributed by atoms with E-state index in [1.807, 2.05) is 24.3 Å².